The molecule has 8 heteroatoms. The molecule has 7 nitrogen and oxygen atoms in total. The van der Waals surface area contributed by atoms with Crippen molar-refractivity contribution < 1.29 is 9.59 Å². The fourth-order valence-corrected chi connectivity index (χ4v) is 4.52. The van der Waals surface area contributed by atoms with Crippen molar-refractivity contribution in [3.8, 4) is 0 Å². The Hall–Kier alpha value is -2.22. The smallest absolute Gasteiger partial charge is 0.228 e. The molecule has 0 unspecified atom stereocenters. The van der Waals surface area contributed by atoms with Crippen molar-refractivity contribution >= 4 is 23.2 Å². The van der Waals surface area contributed by atoms with Gasteiger partial charge in [-0.3, -0.25) is 14.3 Å². The first kappa shape index (κ1) is 19.5. The third kappa shape index (κ3) is 3.76. The predicted octanol–water partition coefficient (Wildman–Crippen LogP) is 2.10. The normalized spacial score (nSPS) is 19.7. The van der Waals surface area contributed by atoms with Crippen molar-refractivity contribution in [2.45, 2.75) is 39.7 Å². The highest BCUT2D eigenvalue weighted by molar-refractivity contribution is 7.11. The molecular formula is C19H27N5O2S. The SMILES string of the molecule is CCN1C(=O)C[C@H](C(=O)N(C)CCc2ncc(C)s2)[C@H]1c1cnn(C)c1C. The number of thiazole rings is 1. The maximum Gasteiger partial charge on any atom is 0.228 e. The van der Waals surface area contributed by atoms with Crippen molar-refractivity contribution in [3.05, 3.63) is 33.5 Å². The van der Waals surface area contributed by atoms with Crippen molar-refractivity contribution in [3.63, 3.8) is 0 Å². The average Bonchev–Trinajstić information content (AvgIpc) is 3.30. The lowest BCUT2D eigenvalue weighted by molar-refractivity contribution is -0.135. The van der Waals surface area contributed by atoms with Crippen molar-refractivity contribution in [2.75, 3.05) is 20.1 Å². The van der Waals surface area contributed by atoms with Crippen LogP contribution in [0.25, 0.3) is 0 Å². The van der Waals surface area contributed by atoms with Gasteiger partial charge in [0.05, 0.1) is 23.2 Å². The molecule has 0 N–H and O–H groups in total. The quantitative estimate of drug-likeness (QED) is 0.759. The number of hydrogen-bond acceptors (Lipinski definition) is 5. The molecule has 1 aliphatic heterocycles. The molecular weight excluding hydrogens is 362 g/mol. The Morgan fingerprint density at radius 3 is 2.67 bits per heavy atom. The lowest BCUT2D eigenvalue weighted by Crippen LogP contribution is -2.38. The molecule has 146 valence electrons. The largest absolute Gasteiger partial charge is 0.345 e. The van der Waals surface area contributed by atoms with E-state index in [4.69, 9.17) is 0 Å². The zero-order valence-electron chi connectivity index (χ0n) is 16.6. The maximum absolute atomic E-state index is 13.2. The van der Waals surface area contributed by atoms with Crippen LogP contribution in [-0.4, -0.2) is 56.5 Å². The molecule has 0 aliphatic carbocycles. The second-order valence-corrected chi connectivity index (χ2v) is 8.44. The van der Waals surface area contributed by atoms with Gasteiger partial charge in [-0.1, -0.05) is 0 Å². The minimum atomic E-state index is -0.372. The Bertz CT molecular complexity index is 843. The van der Waals surface area contributed by atoms with Gasteiger partial charge in [0.25, 0.3) is 0 Å². The highest BCUT2D eigenvalue weighted by Gasteiger charge is 2.45. The molecule has 3 rings (SSSR count). The molecule has 3 heterocycles. The van der Waals surface area contributed by atoms with E-state index in [0.29, 0.717) is 13.1 Å². The molecule has 0 aromatic carbocycles. The molecule has 2 aromatic heterocycles. The summed E-state index contributed by atoms with van der Waals surface area (Å²) in [6.45, 7) is 7.15. The van der Waals surface area contributed by atoms with E-state index < -0.39 is 0 Å². The van der Waals surface area contributed by atoms with Gasteiger partial charge in [0.2, 0.25) is 11.8 Å². The van der Waals surface area contributed by atoms with Gasteiger partial charge in [-0.25, -0.2) is 4.98 Å². The van der Waals surface area contributed by atoms with Crippen molar-refractivity contribution in [1.82, 2.24) is 24.6 Å². The van der Waals surface area contributed by atoms with E-state index in [1.807, 2.05) is 46.0 Å². The van der Waals surface area contributed by atoms with Gasteiger partial charge in [-0.05, 0) is 20.8 Å². The first-order valence-corrected chi connectivity index (χ1v) is 10.1. The van der Waals surface area contributed by atoms with Crippen LogP contribution in [0.2, 0.25) is 0 Å². The topological polar surface area (TPSA) is 71.3 Å². The van der Waals surface area contributed by atoms with Gasteiger partial charge in [-0.15, -0.1) is 11.3 Å². The molecule has 1 aliphatic rings. The number of carbonyl (C=O) groups excluding carboxylic acids is 2. The Labute approximate surface area is 164 Å². The van der Waals surface area contributed by atoms with E-state index in [9.17, 15) is 9.59 Å². The predicted molar refractivity (Wildman–Crippen MR) is 104 cm³/mol. The number of likely N-dealkylation sites (N-methyl/N-ethyl adjacent to an activating group) is 1. The van der Waals surface area contributed by atoms with Crippen LogP contribution < -0.4 is 0 Å². The number of carbonyl (C=O) groups is 2. The average molecular weight is 390 g/mol. The minimum absolute atomic E-state index is 0.0147. The highest BCUT2D eigenvalue weighted by Crippen LogP contribution is 2.40. The van der Waals surface area contributed by atoms with Crippen LogP contribution in [0.1, 0.15) is 40.5 Å². The van der Waals surface area contributed by atoms with E-state index in [1.54, 1.807) is 27.1 Å². The van der Waals surface area contributed by atoms with Crippen LogP contribution in [0.15, 0.2) is 12.4 Å². The number of nitrogens with zero attached hydrogens (tertiary/aromatic N) is 5. The number of hydrogen-bond donors (Lipinski definition) is 0. The summed E-state index contributed by atoms with van der Waals surface area (Å²) in [5.41, 5.74) is 1.96. The summed E-state index contributed by atoms with van der Waals surface area (Å²) in [5.74, 6) is -0.322. The lowest BCUT2D eigenvalue weighted by Gasteiger charge is -2.29. The second kappa shape index (κ2) is 7.80. The second-order valence-electron chi connectivity index (χ2n) is 7.12. The van der Waals surface area contributed by atoms with Crippen LogP contribution in [0.3, 0.4) is 0 Å². The van der Waals surface area contributed by atoms with Gasteiger partial charge < -0.3 is 9.80 Å². The molecule has 0 bridgehead atoms. The zero-order valence-corrected chi connectivity index (χ0v) is 17.4. The zero-order chi connectivity index (χ0) is 19.7. The van der Waals surface area contributed by atoms with Gasteiger partial charge in [0, 0.05) is 62.4 Å². The third-order valence-corrected chi connectivity index (χ3v) is 6.36. The Morgan fingerprint density at radius 2 is 2.11 bits per heavy atom. The first-order valence-electron chi connectivity index (χ1n) is 9.27. The van der Waals surface area contributed by atoms with Crippen LogP contribution in [0.5, 0.6) is 0 Å². The molecule has 0 spiro atoms. The molecule has 0 radical (unpaired) electrons. The van der Waals surface area contributed by atoms with Gasteiger partial charge in [0.1, 0.15) is 0 Å². The molecule has 0 saturated carbocycles. The monoisotopic (exact) mass is 389 g/mol. The molecule has 2 atom stereocenters. The Kier molecular flexibility index (Phi) is 5.64. The molecule has 2 amide bonds. The van der Waals surface area contributed by atoms with Gasteiger partial charge in [0.15, 0.2) is 0 Å². The number of aryl methyl sites for hydroxylation is 2. The van der Waals surface area contributed by atoms with E-state index >= 15 is 0 Å². The number of likely N-dealkylation sites (tertiary alicyclic amines) is 1. The molecule has 1 fully saturated rings. The van der Waals surface area contributed by atoms with Crippen LogP contribution in [0, 0.1) is 19.8 Å². The summed E-state index contributed by atoms with van der Waals surface area (Å²) in [7, 11) is 3.69. The summed E-state index contributed by atoms with van der Waals surface area (Å²) < 4.78 is 1.79. The fourth-order valence-electron chi connectivity index (χ4n) is 3.75. The van der Waals surface area contributed by atoms with Crippen molar-refractivity contribution in [2.24, 2.45) is 13.0 Å². The van der Waals surface area contributed by atoms with E-state index in [0.717, 1.165) is 22.7 Å². The van der Waals surface area contributed by atoms with E-state index in [1.165, 1.54) is 4.88 Å². The summed E-state index contributed by atoms with van der Waals surface area (Å²) in [5, 5.41) is 5.35. The first-order chi connectivity index (χ1) is 12.8. The third-order valence-electron chi connectivity index (χ3n) is 5.39. The van der Waals surface area contributed by atoms with Crippen LogP contribution in [-0.2, 0) is 23.1 Å². The lowest BCUT2D eigenvalue weighted by atomic mass is 9.92. The number of amides is 2. The van der Waals surface area contributed by atoms with Crippen LogP contribution in [0.4, 0.5) is 0 Å². The van der Waals surface area contributed by atoms with Crippen LogP contribution >= 0.6 is 11.3 Å². The number of aromatic nitrogens is 3. The van der Waals surface area contributed by atoms with Crippen molar-refractivity contribution in [1.29, 1.82) is 0 Å². The van der Waals surface area contributed by atoms with Gasteiger partial charge >= 0.3 is 0 Å². The summed E-state index contributed by atoms with van der Waals surface area (Å²) >= 11 is 1.66. The molecule has 27 heavy (non-hydrogen) atoms. The Balaban J connectivity index is 1.78. The highest BCUT2D eigenvalue weighted by atomic mass is 32.1. The summed E-state index contributed by atoms with van der Waals surface area (Å²) in [6.07, 6.45) is 4.64. The number of rotatable bonds is 6. The standard InChI is InChI=1S/C19H27N5O2S/c1-6-24-17(25)9-14(18(24)15-11-21-23(5)13(15)3)19(26)22(4)8-7-16-20-10-12(2)27-16/h10-11,14,18H,6-9H2,1-5H3/t14-,18-/m0/s1. The molecule has 2 aromatic rings. The van der Waals surface area contributed by atoms with E-state index in [2.05, 4.69) is 10.1 Å². The maximum atomic E-state index is 13.2. The molecule has 1 saturated heterocycles. The minimum Gasteiger partial charge on any atom is -0.345 e. The Morgan fingerprint density at radius 1 is 1.37 bits per heavy atom. The van der Waals surface area contributed by atoms with Gasteiger partial charge in [-0.2, -0.15) is 5.10 Å². The van der Waals surface area contributed by atoms with E-state index in [-0.39, 0.29) is 30.2 Å². The summed E-state index contributed by atoms with van der Waals surface area (Å²) in [4.78, 5) is 34.8. The summed E-state index contributed by atoms with van der Waals surface area (Å²) in [6, 6.07) is -0.242. The fraction of sp³-hybridized carbons (Fsp3) is 0.579.